The molecule has 0 aliphatic carbocycles. The number of carboxylic acid groups (broad SMARTS) is 2. The summed E-state index contributed by atoms with van der Waals surface area (Å²) in [5, 5.41) is 16.7. The van der Waals surface area contributed by atoms with Crippen molar-refractivity contribution in [3.8, 4) is 0 Å². The minimum atomic E-state index is -4.64. The van der Waals surface area contributed by atoms with E-state index in [2.05, 4.69) is 0 Å². The van der Waals surface area contributed by atoms with Gasteiger partial charge in [0.2, 0.25) is 0 Å². The van der Waals surface area contributed by atoms with Gasteiger partial charge < -0.3 is 29.7 Å². The van der Waals surface area contributed by atoms with Crippen LogP contribution in [0.1, 0.15) is 0 Å². The van der Waals surface area contributed by atoms with Crippen LogP contribution >= 0.6 is 7.82 Å². The van der Waals surface area contributed by atoms with Crippen LogP contribution in [-0.4, -0.2) is 20.8 Å². The van der Waals surface area contributed by atoms with Crippen molar-refractivity contribution in [1.29, 1.82) is 0 Å². The average molecular weight is 217 g/mol. The molecule has 0 heterocycles. The van der Waals surface area contributed by atoms with Gasteiger partial charge in [-0.15, -0.1) is 0 Å². The molecule has 0 aliphatic heterocycles. The number of phosphoric acid groups is 1. The van der Waals surface area contributed by atoms with Gasteiger partial charge in [0.25, 0.3) is 0 Å². The van der Waals surface area contributed by atoms with Gasteiger partial charge in [0.1, 0.15) is 0 Å². The number of hydrogen-bond acceptors (Lipinski definition) is 4. The quantitative estimate of drug-likeness (QED) is 0.283. The summed E-state index contributed by atoms with van der Waals surface area (Å²) < 4.78 is 8.88. The Labute approximate surface area is 65.5 Å². The number of rotatable bonds is 0. The van der Waals surface area contributed by atoms with E-state index in [4.69, 9.17) is 34.3 Å². The van der Waals surface area contributed by atoms with Gasteiger partial charge in [-0.05, 0) is 6.16 Å². The van der Waals surface area contributed by atoms with Crippen LogP contribution in [0.5, 0.6) is 0 Å². The molecule has 7 nitrogen and oxygen atoms in total. The second kappa shape index (κ2) is 6.99. The molecular weight excluding hydrogens is 214 g/mol. The maximum atomic E-state index is 8.88. The largest absolute Gasteiger partial charge is 2.00 e. The smallest absolute Gasteiger partial charge is 0.652 e. The predicted molar refractivity (Wildman–Crippen MR) is 19.7 cm³/mol. The summed E-state index contributed by atoms with van der Waals surface area (Å²) in [5.74, 6) is 0. The van der Waals surface area contributed by atoms with E-state index in [9.17, 15) is 0 Å². The van der Waals surface area contributed by atoms with Crippen LogP contribution in [-0.2, 0) is 21.1 Å². The molecule has 3 N–H and O–H groups in total. The van der Waals surface area contributed by atoms with Crippen molar-refractivity contribution in [2.45, 2.75) is 0 Å². The Bertz CT molecular complexity index is 113. The third-order valence-electron chi connectivity index (χ3n) is 0. The van der Waals surface area contributed by atoms with E-state index < -0.39 is 14.0 Å². The summed E-state index contributed by atoms with van der Waals surface area (Å²) in [5.41, 5.74) is 0. The van der Waals surface area contributed by atoms with Gasteiger partial charge in [-0.1, -0.05) is 0 Å². The van der Waals surface area contributed by atoms with Crippen LogP contribution in [0.4, 0.5) is 4.79 Å². The van der Waals surface area contributed by atoms with Crippen LogP contribution in [0.3, 0.4) is 0 Å². The van der Waals surface area contributed by atoms with Gasteiger partial charge in [-0.3, -0.25) is 0 Å². The Morgan fingerprint density at radius 1 is 1.20 bits per heavy atom. The Morgan fingerprint density at radius 2 is 1.20 bits per heavy atom. The van der Waals surface area contributed by atoms with Crippen LogP contribution in [0, 0.1) is 0 Å². The fourth-order valence-electron chi connectivity index (χ4n) is 0. The second-order valence-corrected chi connectivity index (χ2v) is 1.79. The zero-order chi connectivity index (χ0) is 8.08. The normalized spacial score (nSPS) is 8.30. The standard InChI is InChI=1S/CH2O3.Ni.H3O4P/c2-1(3)4;;1-5(2,3)4/h(H2,2,3,4);;(H3,1,2,3,4)/q;+2;/p-2. The number of carbonyl (C=O) groups excluding carboxylic acids is 1. The molecule has 9 heteroatoms. The fourth-order valence-corrected chi connectivity index (χ4v) is 0. The summed E-state index contributed by atoms with van der Waals surface area (Å²) in [6.07, 6.45) is -2.33. The van der Waals surface area contributed by atoms with Crippen molar-refractivity contribution in [1.82, 2.24) is 0 Å². The summed E-state index contributed by atoms with van der Waals surface area (Å²) in [4.78, 5) is 29.9. The molecule has 0 saturated carbocycles. The van der Waals surface area contributed by atoms with E-state index in [1.54, 1.807) is 0 Å². The Morgan fingerprint density at radius 3 is 1.20 bits per heavy atom. The Balaban J connectivity index is -0.0000000910. The maximum Gasteiger partial charge on any atom is 2.00 e. The molecule has 0 spiro atoms. The summed E-state index contributed by atoms with van der Waals surface area (Å²) in [7, 11) is -4.64. The second-order valence-electron chi connectivity index (χ2n) is 0.763. The van der Waals surface area contributed by atoms with Crippen molar-refractivity contribution in [2.75, 3.05) is 0 Å². The zero-order valence-electron chi connectivity index (χ0n) is 4.24. The monoisotopic (exact) mass is 216 g/mol. The van der Waals surface area contributed by atoms with Gasteiger partial charge in [0, 0.05) is 0 Å². The molecule has 0 aromatic rings. The van der Waals surface area contributed by atoms with Crippen LogP contribution < -0.4 is 10.2 Å². The van der Waals surface area contributed by atoms with Crippen molar-refractivity contribution < 1.29 is 50.7 Å². The van der Waals surface area contributed by atoms with Gasteiger partial charge in [0.15, 0.2) is 0 Å². The van der Waals surface area contributed by atoms with Gasteiger partial charge in [-0.2, -0.15) is 0 Å². The Kier molecular flexibility index (Phi) is 11.5. The molecule has 10 heavy (non-hydrogen) atoms. The number of carbonyl (C=O) groups is 1. The molecule has 64 valence electrons. The van der Waals surface area contributed by atoms with Crippen LogP contribution in [0.25, 0.3) is 0 Å². The summed E-state index contributed by atoms with van der Waals surface area (Å²) >= 11 is 0. The predicted octanol–water partition coefficient (Wildman–Crippen LogP) is -3.38. The first-order chi connectivity index (χ1) is 3.73. The zero-order valence-corrected chi connectivity index (χ0v) is 6.12. The van der Waals surface area contributed by atoms with Gasteiger partial charge in [-0.25, -0.2) is 4.57 Å². The van der Waals surface area contributed by atoms with Gasteiger partial charge >= 0.3 is 24.3 Å². The first-order valence-electron chi connectivity index (χ1n) is 1.39. The molecule has 0 amide bonds. The maximum absolute atomic E-state index is 8.88. The molecular formula is CH3NiO7P. The van der Waals surface area contributed by atoms with E-state index in [1.165, 1.54) is 0 Å². The molecule has 0 atom stereocenters. The van der Waals surface area contributed by atoms with Crippen molar-refractivity contribution >= 4 is 14.0 Å². The van der Waals surface area contributed by atoms with E-state index in [-0.39, 0.29) is 16.5 Å². The van der Waals surface area contributed by atoms with Gasteiger partial charge in [0.05, 0.1) is 0 Å². The van der Waals surface area contributed by atoms with Crippen molar-refractivity contribution in [3.05, 3.63) is 0 Å². The number of hydrogen-bond donors (Lipinski definition) is 3. The fraction of sp³-hybridized carbons (Fsp3) is 0. The molecule has 0 aromatic carbocycles. The third-order valence-corrected chi connectivity index (χ3v) is 0. The first-order valence-corrected chi connectivity index (χ1v) is 2.96. The molecule has 0 radical (unpaired) electrons. The summed E-state index contributed by atoms with van der Waals surface area (Å²) in [6.45, 7) is 0. The Hall–Kier alpha value is -0.126. The van der Waals surface area contributed by atoms with E-state index in [0.29, 0.717) is 0 Å². The molecule has 0 rings (SSSR count). The van der Waals surface area contributed by atoms with Crippen molar-refractivity contribution in [3.63, 3.8) is 0 Å². The third kappa shape index (κ3) is 23200. The van der Waals surface area contributed by atoms with Crippen molar-refractivity contribution in [2.24, 2.45) is 0 Å². The molecule has 0 fully saturated rings. The molecule has 0 saturated heterocycles. The molecule has 0 unspecified atom stereocenters. The first kappa shape index (κ1) is 16.5. The van der Waals surface area contributed by atoms with Crippen LogP contribution in [0.2, 0.25) is 0 Å². The molecule has 0 aliphatic rings. The summed E-state index contributed by atoms with van der Waals surface area (Å²) in [6, 6.07) is 0. The van der Waals surface area contributed by atoms with E-state index in [0.717, 1.165) is 0 Å². The topological polar surface area (TPSA) is 141 Å². The average Bonchev–Trinajstić information content (AvgIpc) is 1.19. The molecule has 0 aromatic heterocycles. The minimum absolute atomic E-state index is 0. The van der Waals surface area contributed by atoms with E-state index in [1.807, 2.05) is 0 Å². The van der Waals surface area contributed by atoms with Crippen LogP contribution in [0.15, 0.2) is 0 Å². The van der Waals surface area contributed by atoms with E-state index >= 15 is 0 Å². The SMILES string of the molecule is O=C([O-])[O-].O=P(O)(O)O.[Ni+2]. The minimum Gasteiger partial charge on any atom is -0.652 e. The molecule has 0 bridgehead atoms.